The van der Waals surface area contributed by atoms with Crippen molar-refractivity contribution in [3.8, 4) is 0 Å². The minimum absolute atomic E-state index is 0.143. The maximum Gasteiger partial charge on any atom is 0.352 e. The Kier molecular flexibility index (Phi) is 5.36. The van der Waals surface area contributed by atoms with Crippen molar-refractivity contribution in [2.45, 2.75) is 18.3 Å². The number of aliphatic carboxylic acids is 1. The zero-order valence-electron chi connectivity index (χ0n) is 14.4. The molecule has 0 spiro atoms. The smallest absolute Gasteiger partial charge is 0.352 e. The zero-order chi connectivity index (χ0) is 20.6. The predicted octanol–water partition coefficient (Wildman–Crippen LogP) is 0.880. The second-order valence-electron chi connectivity index (χ2n) is 6.00. The molecule has 0 saturated carbocycles. The van der Waals surface area contributed by atoms with Crippen LogP contribution in [0.5, 0.6) is 0 Å². The van der Waals surface area contributed by atoms with E-state index >= 15 is 0 Å². The fourth-order valence-corrected chi connectivity index (χ4v) is 4.24. The van der Waals surface area contributed by atoms with Crippen LogP contribution >= 0.6 is 11.8 Å². The Morgan fingerprint density at radius 2 is 1.96 bits per heavy atom. The summed E-state index contributed by atoms with van der Waals surface area (Å²) in [6.07, 6.45) is 0. The number of nitrogens with one attached hydrogen (secondary N) is 1. The summed E-state index contributed by atoms with van der Waals surface area (Å²) in [6, 6.07) is 1.79. The molecule has 11 heteroatoms. The van der Waals surface area contributed by atoms with Crippen LogP contribution in [-0.4, -0.2) is 57.5 Å². The average molecular weight is 412 g/mol. The summed E-state index contributed by atoms with van der Waals surface area (Å²) in [5, 5.41) is 10.9. The molecule has 2 N–H and O–H groups in total. The normalized spacial score (nSPS) is 21.0. The Balaban J connectivity index is 1.79. The lowest BCUT2D eigenvalue weighted by atomic mass is 10.0. The van der Waals surface area contributed by atoms with E-state index in [1.165, 1.54) is 6.92 Å². The molecular formula is C17H14F2N2O6S. The molecule has 0 aliphatic carbocycles. The number of nitrogens with zero attached hydrogens (tertiary/aromatic N) is 1. The van der Waals surface area contributed by atoms with Gasteiger partial charge in [0.1, 0.15) is 40.9 Å². The second kappa shape index (κ2) is 7.58. The molecule has 148 valence electrons. The lowest BCUT2D eigenvalue weighted by Crippen LogP contribution is -2.70. The number of fused-ring (bicyclic) bond motifs is 1. The van der Waals surface area contributed by atoms with E-state index in [4.69, 9.17) is 4.74 Å². The van der Waals surface area contributed by atoms with E-state index in [0.717, 1.165) is 34.9 Å². The van der Waals surface area contributed by atoms with Crippen molar-refractivity contribution >= 4 is 35.5 Å². The first kappa shape index (κ1) is 19.8. The molecule has 2 amide bonds. The molecule has 2 atom stereocenters. The summed E-state index contributed by atoms with van der Waals surface area (Å²) in [6.45, 7) is 0.889. The summed E-state index contributed by atoms with van der Waals surface area (Å²) in [7, 11) is 0. The van der Waals surface area contributed by atoms with Crippen molar-refractivity contribution in [3.63, 3.8) is 0 Å². The van der Waals surface area contributed by atoms with Gasteiger partial charge in [0.2, 0.25) is 0 Å². The number of benzene rings is 1. The molecule has 0 bridgehead atoms. The van der Waals surface area contributed by atoms with Gasteiger partial charge >= 0.3 is 11.9 Å². The highest BCUT2D eigenvalue weighted by Gasteiger charge is 2.54. The summed E-state index contributed by atoms with van der Waals surface area (Å²) in [5.74, 6) is -5.84. The number of carbonyl (C=O) groups is 4. The van der Waals surface area contributed by atoms with Crippen molar-refractivity contribution in [1.29, 1.82) is 0 Å². The number of halogens is 2. The Labute approximate surface area is 161 Å². The predicted molar refractivity (Wildman–Crippen MR) is 92.0 cm³/mol. The van der Waals surface area contributed by atoms with Crippen LogP contribution in [0.4, 0.5) is 8.78 Å². The van der Waals surface area contributed by atoms with E-state index in [9.17, 15) is 33.1 Å². The molecule has 2 heterocycles. The molecule has 2 aliphatic heterocycles. The molecule has 2 aliphatic rings. The monoisotopic (exact) mass is 412 g/mol. The van der Waals surface area contributed by atoms with E-state index in [1.807, 2.05) is 0 Å². The fraction of sp³-hybridized carbons (Fsp3) is 0.294. The van der Waals surface area contributed by atoms with Crippen molar-refractivity contribution in [2.24, 2.45) is 0 Å². The van der Waals surface area contributed by atoms with Crippen molar-refractivity contribution in [3.05, 3.63) is 46.7 Å². The van der Waals surface area contributed by atoms with Crippen LogP contribution in [0.2, 0.25) is 0 Å². The topological polar surface area (TPSA) is 113 Å². The van der Waals surface area contributed by atoms with Gasteiger partial charge in [-0.3, -0.25) is 19.3 Å². The first-order valence-corrected chi connectivity index (χ1v) is 9.05. The SMILES string of the molecule is CC(=O)OCC1=C(C(=O)O)N2C(=O)[C@@H](NC(=O)c3c(F)cccc3F)[C@H]2SC1. The highest BCUT2D eigenvalue weighted by atomic mass is 32.2. The molecule has 28 heavy (non-hydrogen) atoms. The average Bonchev–Trinajstić information content (AvgIpc) is 2.63. The molecule has 0 aromatic heterocycles. The highest BCUT2D eigenvalue weighted by molar-refractivity contribution is 8.00. The van der Waals surface area contributed by atoms with E-state index in [1.54, 1.807) is 0 Å². The van der Waals surface area contributed by atoms with Gasteiger partial charge in [-0.15, -0.1) is 11.8 Å². The van der Waals surface area contributed by atoms with Crippen LogP contribution in [0.25, 0.3) is 0 Å². The van der Waals surface area contributed by atoms with Gasteiger partial charge < -0.3 is 15.2 Å². The van der Waals surface area contributed by atoms with Crippen molar-refractivity contribution < 1.29 is 37.8 Å². The largest absolute Gasteiger partial charge is 0.477 e. The minimum Gasteiger partial charge on any atom is -0.477 e. The van der Waals surface area contributed by atoms with Crippen LogP contribution < -0.4 is 5.32 Å². The maximum absolute atomic E-state index is 13.7. The molecule has 0 unspecified atom stereocenters. The Bertz CT molecular complexity index is 899. The van der Waals surface area contributed by atoms with Gasteiger partial charge in [0.15, 0.2) is 0 Å². The summed E-state index contributed by atoms with van der Waals surface area (Å²) in [5.41, 5.74) is -0.904. The number of β-lactam (4-membered cyclic amide) rings is 1. The van der Waals surface area contributed by atoms with Crippen molar-refractivity contribution in [1.82, 2.24) is 10.2 Å². The van der Waals surface area contributed by atoms with Gasteiger partial charge in [0, 0.05) is 18.2 Å². The number of hydrogen-bond acceptors (Lipinski definition) is 6. The van der Waals surface area contributed by atoms with Gasteiger partial charge in [-0.2, -0.15) is 0 Å². The minimum atomic E-state index is -1.38. The van der Waals surface area contributed by atoms with E-state index in [-0.39, 0.29) is 23.6 Å². The molecule has 8 nitrogen and oxygen atoms in total. The van der Waals surface area contributed by atoms with Crippen LogP contribution in [0.1, 0.15) is 17.3 Å². The van der Waals surface area contributed by atoms with E-state index in [2.05, 4.69) is 5.32 Å². The van der Waals surface area contributed by atoms with Crippen LogP contribution in [0, 0.1) is 11.6 Å². The fourth-order valence-electron chi connectivity index (χ4n) is 2.91. The third-order valence-corrected chi connectivity index (χ3v) is 5.52. The Hall–Kier alpha value is -2.95. The van der Waals surface area contributed by atoms with Gasteiger partial charge in [0.25, 0.3) is 11.8 Å². The molecule has 3 rings (SSSR count). The molecule has 1 aromatic carbocycles. The number of ether oxygens (including phenoxy) is 1. The molecule has 0 radical (unpaired) electrons. The van der Waals surface area contributed by atoms with Gasteiger partial charge in [0.05, 0.1) is 0 Å². The van der Waals surface area contributed by atoms with E-state index < -0.39 is 52.4 Å². The standard InChI is InChI=1S/C17H14F2N2O6S/c1-7(22)27-5-8-6-28-16-12(15(24)21(16)13(8)17(25)26)20-14(23)11-9(18)3-2-4-10(11)19/h2-4,12,16H,5-6H2,1H3,(H,20,23)(H,25,26)/t12-,16-/m1/s1. The highest BCUT2D eigenvalue weighted by Crippen LogP contribution is 2.40. The van der Waals surface area contributed by atoms with Crippen LogP contribution in [0.15, 0.2) is 29.5 Å². The number of thioether (sulfide) groups is 1. The first-order valence-electron chi connectivity index (χ1n) is 8.00. The summed E-state index contributed by atoms with van der Waals surface area (Å²) < 4.78 is 32.3. The number of carboxylic acid groups (broad SMARTS) is 1. The van der Waals surface area contributed by atoms with Crippen LogP contribution in [-0.2, 0) is 19.1 Å². The molecule has 1 fully saturated rings. The van der Waals surface area contributed by atoms with Crippen LogP contribution in [0.3, 0.4) is 0 Å². The number of esters is 1. The lowest BCUT2D eigenvalue weighted by molar-refractivity contribution is -0.149. The Morgan fingerprint density at radius 3 is 2.54 bits per heavy atom. The second-order valence-corrected chi connectivity index (χ2v) is 7.10. The number of hydrogen-bond donors (Lipinski definition) is 2. The third kappa shape index (κ3) is 3.44. The number of rotatable bonds is 5. The number of carbonyl (C=O) groups excluding carboxylic acids is 3. The zero-order valence-corrected chi connectivity index (χ0v) is 15.2. The number of carboxylic acids is 1. The first-order chi connectivity index (χ1) is 13.2. The third-order valence-electron chi connectivity index (χ3n) is 4.18. The number of amides is 2. The van der Waals surface area contributed by atoms with Crippen molar-refractivity contribution in [2.75, 3.05) is 12.4 Å². The lowest BCUT2D eigenvalue weighted by Gasteiger charge is -2.49. The summed E-state index contributed by atoms with van der Waals surface area (Å²) in [4.78, 5) is 48.2. The van der Waals surface area contributed by atoms with Gasteiger partial charge in [-0.05, 0) is 12.1 Å². The Morgan fingerprint density at radius 1 is 1.32 bits per heavy atom. The summed E-state index contributed by atoms with van der Waals surface area (Å²) >= 11 is 1.14. The van der Waals surface area contributed by atoms with Gasteiger partial charge in [-0.1, -0.05) is 6.07 Å². The maximum atomic E-state index is 13.7. The molecule has 1 saturated heterocycles. The molecular weight excluding hydrogens is 398 g/mol. The quantitative estimate of drug-likeness (QED) is 0.545. The molecule has 1 aromatic rings. The van der Waals surface area contributed by atoms with E-state index in [0.29, 0.717) is 0 Å². The van der Waals surface area contributed by atoms with Gasteiger partial charge in [-0.25, -0.2) is 13.6 Å².